The molecule has 9 heteroatoms. The molecule has 1 aliphatic rings. The third-order valence-electron chi connectivity index (χ3n) is 7.56. The molecule has 0 amide bonds. The molecule has 0 saturated carbocycles. The Bertz CT molecular complexity index is 1570. The van der Waals surface area contributed by atoms with Gasteiger partial charge in [0.25, 0.3) is 0 Å². The van der Waals surface area contributed by atoms with Crippen molar-refractivity contribution in [2.24, 2.45) is 0 Å². The monoisotopic (exact) mass is 662 g/mol. The normalized spacial score (nSPS) is 12.5. The number of carbonyl (C=O) groups excluding carboxylic acids is 4. The molecule has 3 aromatic carbocycles. The summed E-state index contributed by atoms with van der Waals surface area (Å²) >= 11 is 3.61. The third-order valence-corrected chi connectivity index (χ3v) is 8.05. The molecule has 0 atom stereocenters. The van der Waals surface area contributed by atoms with Gasteiger partial charge in [-0.1, -0.05) is 59.4 Å². The zero-order valence-corrected chi connectivity index (χ0v) is 26.5. The summed E-state index contributed by atoms with van der Waals surface area (Å²) in [5.74, 6) is -1.97. The number of hydrogen-bond donors (Lipinski definition) is 0. The van der Waals surface area contributed by atoms with E-state index in [1.165, 1.54) is 0 Å². The van der Waals surface area contributed by atoms with Crippen molar-refractivity contribution in [3.63, 3.8) is 0 Å². The third kappa shape index (κ3) is 7.63. The lowest BCUT2D eigenvalue weighted by Gasteiger charge is -2.32. The van der Waals surface area contributed by atoms with E-state index in [4.69, 9.17) is 18.9 Å². The molecule has 8 nitrogen and oxygen atoms in total. The molecule has 0 spiro atoms. The van der Waals surface area contributed by atoms with Gasteiger partial charge in [0.2, 0.25) is 0 Å². The van der Waals surface area contributed by atoms with E-state index in [2.05, 4.69) is 53.4 Å². The maximum atomic E-state index is 12.9. The van der Waals surface area contributed by atoms with E-state index in [0.29, 0.717) is 12.8 Å². The van der Waals surface area contributed by atoms with Crippen molar-refractivity contribution in [3.8, 4) is 11.1 Å². The Kier molecular flexibility index (Phi) is 10.8. The van der Waals surface area contributed by atoms with Crippen LogP contribution in [0.3, 0.4) is 0 Å². The van der Waals surface area contributed by atoms with Crippen LogP contribution in [-0.4, -0.2) is 50.3 Å². The topological polar surface area (TPSA) is 105 Å². The number of carbonyl (C=O) groups is 4. The lowest BCUT2D eigenvalue weighted by molar-refractivity contribution is -0.150. The molecule has 4 rings (SSSR count). The van der Waals surface area contributed by atoms with E-state index in [1.54, 1.807) is 13.8 Å². The second kappa shape index (κ2) is 14.5. The molecule has 0 radical (unpaired) electrons. The minimum atomic E-state index is -0.699. The zero-order chi connectivity index (χ0) is 31.9. The minimum Gasteiger partial charge on any atom is -0.462 e. The molecule has 0 N–H and O–H groups in total. The van der Waals surface area contributed by atoms with Crippen molar-refractivity contribution in [2.75, 3.05) is 26.4 Å². The number of halogens is 1. The second-order valence-electron chi connectivity index (χ2n) is 10.8. The van der Waals surface area contributed by atoms with Crippen LogP contribution < -0.4 is 0 Å². The van der Waals surface area contributed by atoms with E-state index in [1.807, 2.05) is 30.3 Å². The van der Waals surface area contributed by atoms with Crippen LogP contribution in [-0.2, 0) is 43.5 Å². The van der Waals surface area contributed by atoms with Gasteiger partial charge >= 0.3 is 23.9 Å². The van der Waals surface area contributed by atoms with E-state index < -0.39 is 29.3 Å². The highest BCUT2D eigenvalue weighted by molar-refractivity contribution is 9.10. The molecule has 0 heterocycles. The van der Waals surface area contributed by atoms with Gasteiger partial charge in [-0.05, 0) is 84.0 Å². The van der Waals surface area contributed by atoms with E-state index in [0.717, 1.165) is 37.5 Å². The summed E-state index contributed by atoms with van der Waals surface area (Å²) < 4.78 is 21.7. The maximum Gasteiger partial charge on any atom is 0.333 e. The molecule has 3 aromatic rings. The molecular weight excluding hydrogens is 628 g/mol. The minimum absolute atomic E-state index is 0.0680. The first-order chi connectivity index (χ1) is 21.0. The fraction of sp³-hybridized carbons (Fsp3) is 0.314. The predicted molar refractivity (Wildman–Crippen MR) is 170 cm³/mol. The Morgan fingerprint density at radius 3 is 1.66 bits per heavy atom. The molecule has 0 bridgehead atoms. The molecule has 0 aromatic heterocycles. The summed E-state index contributed by atoms with van der Waals surface area (Å²) in [6.07, 6.45) is 0.877. The summed E-state index contributed by atoms with van der Waals surface area (Å²) in [4.78, 5) is 49.1. The van der Waals surface area contributed by atoms with Gasteiger partial charge in [0, 0.05) is 33.9 Å². The van der Waals surface area contributed by atoms with Crippen LogP contribution in [0.5, 0.6) is 0 Å². The van der Waals surface area contributed by atoms with E-state index >= 15 is 0 Å². The Balaban J connectivity index is 1.57. The van der Waals surface area contributed by atoms with Crippen LogP contribution in [0.4, 0.5) is 0 Å². The summed E-state index contributed by atoms with van der Waals surface area (Å²) in [5, 5.41) is 2.13. The first-order valence-corrected chi connectivity index (χ1v) is 15.1. The first kappa shape index (κ1) is 32.7. The van der Waals surface area contributed by atoms with Crippen molar-refractivity contribution < 1.29 is 38.1 Å². The SMILES string of the molecule is C=C(C)C(=O)OCCOC(=O)CCC1(CCC(=O)OCCOC(=O)C(=C)C)c2cc(Br)ccc2-c2cc3ccccc3cc21. The van der Waals surface area contributed by atoms with Gasteiger partial charge < -0.3 is 18.9 Å². The molecule has 0 saturated heterocycles. The average Bonchev–Trinajstić information content (AvgIpc) is 3.25. The average molecular weight is 664 g/mol. The van der Waals surface area contributed by atoms with Gasteiger partial charge in [-0.3, -0.25) is 9.59 Å². The van der Waals surface area contributed by atoms with E-state index in [9.17, 15) is 19.2 Å². The number of rotatable bonds is 14. The van der Waals surface area contributed by atoms with Crippen LogP contribution in [0.25, 0.3) is 21.9 Å². The quantitative estimate of drug-likeness (QED) is 0.0808. The lowest BCUT2D eigenvalue weighted by Crippen LogP contribution is -2.28. The van der Waals surface area contributed by atoms with Gasteiger partial charge in [0.15, 0.2) is 0 Å². The molecule has 230 valence electrons. The van der Waals surface area contributed by atoms with Gasteiger partial charge in [-0.15, -0.1) is 0 Å². The van der Waals surface area contributed by atoms with Crippen molar-refractivity contribution >= 4 is 50.6 Å². The number of benzene rings is 3. The predicted octanol–water partition coefficient (Wildman–Crippen LogP) is 6.75. The first-order valence-electron chi connectivity index (χ1n) is 14.3. The van der Waals surface area contributed by atoms with Gasteiger partial charge in [0.05, 0.1) is 0 Å². The van der Waals surface area contributed by atoms with Crippen molar-refractivity contribution in [3.05, 3.63) is 94.5 Å². The smallest absolute Gasteiger partial charge is 0.333 e. The molecule has 0 unspecified atom stereocenters. The van der Waals surface area contributed by atoms with E-state index in [-0.39, 0.29) is 50.4 Å². The molecule has 1 aliphatic carbocycles. The van der Waals surface area contributed by atoms with Gasteiger partial charge in [-0.25, -0.2) is 9.59 Å². The maximum absolute atomic E-state index is 12.9. The van der Waals surface area contributed by atoms with Gasteiger partial charge in [-0.2, -0.15) is 0 Å². The van der Waals surface area contributed by atoms with Crippen molar-refractivity contribution in [1.82, 2.24) is 0 Å². The van der Waals surface area contributed by atoms with Crippen LogP contribution in [0.2, 0.25) is 0 Å². The Hall–Kier alpha value is -4.24. The summed E-state index contributed by atoms with van der Waals surface area (Å²) in [6, 6.07) is 18.4. The number of ether oxygens (including phenoxy) is 4. The largest absolute Gasteiger partial charge is 0.462 e. The number of esters is 4. The molecular formula is C35H35BrO8. The number of hydrogen-bond acceptors (Lipinski definition) is 8. The molecule has 0 fully saturated rings. The fourth-order valence-corrected chi connectivity index (χ4v) is 5.78. The summed E-state index contributed by atoms with van der Waals surface area (Å²) in [6.45, 7) is 9.87. The Labute approximate surface area is 265 Å². The van der Waals surface area contributed by atoms with Crippen LogP contribution in [0.15, 0.2) is 83.4 Å². The second-order valence-corrected chi connectivity index (χ2v) is 11.7. The summed E-state index contributed by atoms with van der Waals surface area (Å²) in [5.41, 5.74) is 3.94. The summed E-state index contributed by atoms with van der Waals surface area (Å²) in [7, 11) is 0. The Morgan fingerprint density at radius 2 is 1.14 bits per heavy atom. The highest BCUT2D eigenvalue weighted by atomic mass is 79.9. The van der Waals surface area contributed by atoms with Crippen molar-refractivity contribution in [1.29, 1.82) is 0 Å². The van der Waals surface area contributed by atoms with Crippen LogP contribution in [0, 0.1) is 0 Å². The molecule has 0 aliphatic heterocycles. The highest BCUT2D eigenvalue weighted by Gasteiger charge is 2.44. The highest BCUT2D eigenvalue weighted by Crippen LogP contribution is 2.55. The van der Waals surface area contributed by atoms with Crippen LogP contribution in [0.1, 0.15) is 50.7 Å². The Morgan fingerprint density at radius 1 is 0.659 bits per heavy atom. The number of fused-ring (bicyclic) bond motifs is 4. The lowest BCUT2D eigenvalue weighted by atomic mass is 9.71. The van der Waals surface area contributed by atoms with Gasteiger partial charge in [0.1, 0.15) is 26.4 Å². The fourth-order valence-electron chi connectivity index (χ4n) is 5.42. The standard InChI is InChI=1S/C35H35BrO8/c1-22(2)33(39)43-17-15-41-31(37)11-13-35(14-12-32(38)42-16-18-44-34(40)23(3)4)29-20-25-8-6-5-7-24(25)19-28(29)27-10-9-26(36)21-30(27)35/h5-10,19-21H,1,3,11-18H2,2,4H3. The van der Waals surface area contributed by atoms with Crippen LogP contribution >= 0.6 is 15.9 Å². The molecule has 44 heavy (non-hydrogen) atoms. The van der Waals surface area contributed by atoms with Crippen molar-refractivity contribution in [2.45, 2.75) is 44.9 Å². The zero-order valence-electron chi connectivity index (χ0n) is 24.9.